The van der Waals surface area contributed by atoms with Gasteiger partial charge in [-0.05, 0) is 31.2 Å². The standard InChI is InChI=1S/C13H11ClFN3O2/c1-7-5-11(14)17-13(16-7)18-12(19)8-3-4-9(15)10(6-8)20-2/h3-6H,1-2H3,(H,16,17,18,19). The van der Waals surface area contributed by atoms with Crippen molar-refractivity contribution in [2.45, 2.75) is 6.92 Å². The largest absolute Gasteiger partial charge is 0.494 e. The van der Waals surface area contributed by atoms with Crippen molar-refractivity contribution in [3.8, 4) is 5.75 Å². The van der Waals surface area contributed by atoms with Gasteiger partial charge in [-0.2, -0.15) is 0 Å². The smallest absolute Gasteiger partial charge is 0.258 e. The first-order valence-electron chi connectivity index (χ1n) is 5.65. The van der Waals surface area contributed by atoms with E-state index in [9.17, 15) is 9.18 Å². The van der Waals surface area contributed by atoms with Gasteiger partial charge in [0, 0.05) is 11.3 Å². The molecule has 0 aliphatic rings. The molecule has 0 bridgehead atoms. The molecule has 0 atom stereocenters. The van der Waals surface area contributed by atoms with Crippen LogP contribution in [-0.4, -0.2) is 23.0 Å². The van der Waals surface area contributed by atoms with Crippen LogP contribution in [0, 0.1) is 12.7 Å². The number of hydrogen-bond acceptors (Lipinski definition) is 4. The lowest BCUT2D eigenvalue weighted by atomic mass is 10.2. The Morgan fingerprint density at radius 2 is 2.10 bits per heavy atom. The summed E-state index contributed by atoms with van der Waals surface area (Å²) < 4.78 is 18.1. The van der Waals surface area contributed by atoms with E-state index < -0.39 is 11.7 Å². The number of carbonyl (C=O) groups excluding carboxylic acids is 1. The number of hydrogen-bond donors (Lipinski definition) is 1. The number of aryl methyl sites for hydroxylation is 1. The molecule has 7 heteroatoms. The lowest BCUT2D eigenvalue weighted by Crippen LogP contribution is -2.14. The van der Waals surface area contributed by atoms with Gasteiger partial charge >= 0.3 is 0 Å². The molecule has 1 aromatic heterocycles. The van der Waals surface area contributed by atoms with Gasteiger partial charge < -0.3 is 4.74 Å². The molecule has 0 saturated carbocycles. The monoisotopic (exact) mass is 295 g/mol. The van der Waals surface area contributed by atoms with E-state index in [1.165, 1.54) is 19.2 Å². The first-order valence-corrected chi connectivity index (χ1v) is 6.03. The maximum absolute atomic E-state index is 13.3. The van der Waals surface area contributed by atoms with Crippen LogP contribution in [0.1, 0.15) is 16.1 Å². The lowest BCUT2D eigenvalue weighted by Gasteiger charge is -2.07. The van der Waals surface area contributed by atoms with Gasteiger partial charge in [0.05, 0.1) is 7.11 Å². The number of anilines is 1. The Labute approximate surface area is 119 Å². The fourth-order valence-corrected chi connectivity index (χ4v) is 1.80. The van der Waals surface area contributed by atoms with Crippen LogP contribution in [-0.2, 0) is 0 Å². The van der Waals surface area contributed by atoms with Crippen molar-refractivity contribution in [3.63, 3.8) is 0 Å². The number of amides is 1. The quantitative estimate of drug-likeness (QED) is 0.884. The van der Waals surface area contributed by atoms with E-state index in [2.05, 4.69) is 15.3 Å². The molecule has 5 nitrogen and oxygen atoms in total. The first kappa shape index (κ1) is 14.2. The molecule has 2 aromatic rings. The minimum absolute atomic E-state index is 0.0131. The normalized spacial score (nSPS) is 10.2. The average Bonchev–Trinajstić information content (AvgIpc) is 2.37. The zero-order valence-corrected chi connectivity index (χ0v) is 11.5. The topological polar surface area (TPSA) is 64.1 Å². The molecule has 0 fully saturated rings. The molecule has 0 unspecified atom stereocenters. The Kier molecular flexibility index (Phi) is 4.14. The average molecular weight is 296 g/mol. The van der Waals surface area contributed by atoms with Gasteiger partial charge in [-0.3, -0.25) is 10.1 Å². The number of nitrogens with one attached hydrogen (secondary N) is 1. The van der Waals surface area contributed by atoms with Gasteiger partial charge in [-0.15, -0.1) is 0 Å². The molecule has 1 aromatic carbocycles. The van der Waals surface area contributed by atoms with Crippen molar-refractivity contribution in [1.82, 2.24) is 9.97 Å². The lowest BCUT2D eigenvalue weighted by molar-refractivity contribution is 0.102. The Balaban J connectivity index is 2.23. The highest BCUT2D eigenvalue weighted by molar-refractivity contribution is 6.29. The number of carbonyl (C=O) groups is 1. The molecular formula is C13H11ClFN3O2. The van der Waals surface area contributed by atoms with Crippen LogP contribution >= 0.6 is 11.6 Å². The molecule has 0 radical (unpaired) electrons. The van der Waals surface area contributed by atoms with Crippen LogP contribution in [0.25, 0.3) is 0 Å². The number of aromatic nitrogens is 2. The number of benzene rings is 1. The molecule has 1 amide bonds. The van der Waals surface area contributed by atoms with Gasteiger partial charge in [-0.25, -0.2) is 14.4 Å². The van der Waals surface area contributed by atoms with E-state index in [0.717, 1.165) is 6.07 Å². The summed E-state index contributed by atoms with van der Waals surface area (Å²) in [5.74, 6) is -0.951. The second-order valence-electron chi connectivity index (χ2n) is 3.96. The second kappa shape index (κ2) is 5.83. The number of nitrogens with zero attached hydrogens (tertiary/aromatic N) is 2. The van der Waals surface area contributed by atoms with E-state index in [1.54, 1.807) is 13.0 Å². The molecule has 1 heterocycles. The number of ether oxygens (including phenoxy) is 1. The third-order valence-electron chi connectivity index (χ3n) is 2.46. The van der Waals surface area contributed by atoms with Crippen LogP contribution in [0.15, 0.2) is 24.3 Å². The molecule has 0 spiro atoms. The number of halogens is 2. The van der Waals surface area contributed by atoms with E-state index in [4.69, 9.17) is 16.3 Å². The van der Waals surface area contributed by atoms with Gasteiger partial charge in [0.2, 0.25) is 5.95 Å². The highest BCUT2D eigenvalue weighted by atomic mass is 35.5. The molecular weight excluding hydrogens is 285 g/mol. The maximum Gasteiger partial charge on any atom is 0.258 e. The van der Waals surface area contributed by atoms with Crippen molar-refractivity contribution >= 4 is 23.5 Å². The van der Waals surface area contributed by atoms with Gasteiger partial charge in [0.1, 0.15) is 5.15 Å². The Morgan fingerprint density at radius 1 is 1.35 bits per heavy atom. The second-order valence-corrected chi connectivity index (χ2v) is 4.35. The molecule has 104 valence electrons. The van der Waals surface area contributed by atoms with Crippen molar-refractivity contribution < 1.29 is 13.9 Å². The van der Waals surface area contributed by atoms with Crippen molar-refractivity contribution in [2.24, 2.45) is 0 Å². The SMILES string of the molecule is COc1cc(C(=O)Nc2nc(C)cc(Cl)n2)ccc1F. The summed E-state index contributed by atoms with van der Waals surface area (Å²) in [6, 6.07) is 5.35. The summed E-state index contributed by atoms with van der Waals surface area (Å²) in [6.07, 6.45) is 0. The Bertz CT molecular complexity index is 644. The summed E-state index contributed by atoms with van der Waals surface area (Å²) in [4.78, 5) is 19.9. The Hall–Kier alpha value is -2.21. The third-order valence-corrected chi connectivity index (χ3v) is 2.66. The highest BCUT2D eigenvalue weighted by Crippen LogP contribution is 2.19. The van der Waals surface area contributed by atoms with Crippen molar-refractivity contribution in [2.75, 3.05) is 12.4 Å². The highest BCUT2D eigenvalue weighted by Gasteiger charge is 2.12. The predicted octanol–water partition coefficient (Wildman–Crippen LogP) is 2.84. The van der Waals surface area contributed by atoms with Crippen LogP contribution in [0.2, 0.25) is 5.15 Å². The van der Waals surface area contributed by atoms with Gasteiger partial charge in [0.15, 0.2) is 11.6 Å². The molecule has 20 heavy (non-hydrogen) atoms. The molecule has 2 rings (SSSR count). The number of methoxy groups -OCH3 is 1. The molecule has 0 saturated heterocycles. The van der Waals surface area contributed by atoms with Crippen LogP contribution < -0.4 is 10.1 Å². The zero-order chi connectivity index (χ0) is 14.7. The molecule has 0 aliphatic carbocycles. The summed E-state index contributed by atoms with van der Waals surface area (Å²) in [7, 11) is 1.32. The predicted molar refractivity (Wildman–Crippen MR) is 72.7 cm³/mol. The molecule has 1 N–H and O–H groups in total. The minimum atomic E-state index is -0.543. The van der Waals surface area contributed by atoms with Crippen LogP contribution in [0.5, 0.6) is 5.75 Å². The van der Waals surface area contributed by atoms with Gasteiger partial charge in [0.25, 0.3) is 5.91 Å². The summed E-state index contributed by atoms with van der Waals surface area (Å²) >= 11 is 5.78. The van der Waals surface area contributed by atoms with E-state index in [0.29, 0.717) is 5.69 Å². The molecule has 0 aliphatic heterocycles. The van der Waals surface area contributed by atoms with E-state index in [1.807, 2.05) is 0 Å². The third kappa shape index (κ3) is 3.21. The minimum Gasteiger partial charge on any atom is -0.494 e. The van der Waals surface area contributed by atoms with Crippen LogP contribution in [0.3, 0.4) is 0 Å². The van der Waals surface area contributed by atoms with Crippen molar-refractivity contribution in [3.05, 3.63) is 46.5 Å². The first-order chi connectivity index (χ1) is 9.49. The van der Waals surface area contributed by atoms with E-state index >= 15 is 0 Å². The van der Waals surface area contributed by atoms with E-state index in [-0.39, 0.29) is 22.4 Å². The zero-order valence-electron chi connectivity index (χ0n) is 10.8. The summed E-state index contributed by atoms with van der Waals surface area (Å²) in [5.41, 5.74) is 0.849. The number of rotatable bonds is 3. The summed E-state index contributed by atoms with van der Waals surface area (Å²) in [5, 5.41) is 2.71. The van der Waals surface area contributed by atoms with Crippen LogP contribution in [0.4, 0.5) is 10.3 Å². The fraction of sp³-hybridized carbons (Fsp3) is 0.154. The maximum atomic E-state index is 13.3. The fourth-order valence-electron chi connectivity index (χ4n) is 1.56. The van der Waals surface area contributed by atoms with Gasteiger partial charge in [-0.1, -0.05) is 11.6 Å². The van der Waals surface area contributed by atoms with Crippen molar-refractivity contribution in [1.29, 1.82) is 0 Å². The Morgan fingerprint density at radius 3 is 2.75 bits per heavy atom. The summed E-state index contributed by atoms with van der Waals surface area (Å²) in [6.45, 7) is 1.73.